The molecule has 1 aliphatic rings. The van der Waals surface area contributed by atoms with Crippen molar-refractivity contribution >= 4 is 28.4 Å². The van der Waals surface area contributed by atoms with Crippen molar-refractivity contribution in [3.8, 4) is 11.8 Å². The highest BCUT2D eigenvalue weighted by molar-refractivity contribution is 8.13. The van der Waals surface area contributed by atoms with Gasteiger partial charge in [-0.2, -0.15) is 10.2 Å². The third-order valence-electron chi connectivity index (χ3n) is 3.56. The van der Waals surface area contributed by atoms with E-state index in [9.17, 15) is 4.79 Å². The third kappa shape index (κ3) is 4.09. The molecule has 0 aromatic heterocycles. The lowest BCUT2D eigenvalue weighted by molar-refractivity contribution is -0.492. The molecule has 0 radical (unpaired) electrons. The van der Waals surface area contributed by atoms with E-state index in [2.05, 4.69) is 11.1 Å². The molecule has 6 nitrogen and oxygen atoms in total. The molecule has 1 aromatic carbocycles. The van der Waals surface area contributed by atoms with Crippen LogP contribution in [-0.2, 0) is 9.53 Å². The van der Waals surface area contributed by atoms with Crippen LogP contribution in [0.2, 0.25) is 0 Å². The summed E-state index contributed by atoms with van der Waals surface area (Å²) in [5.74, 6) is 1.31. The Labute approximate surface area is 145 Å². The van der Waals surface area contributed by atoms with Crippen LogP contribution in [0.15, 0.2) is 30.5 Å². The monoisotopic (exact) mass is 346 g/mol. The van der Waals surface area contributed by atoms with E-state index in [-0.39, 0.29) is 11.9 Å². The minimum Gasteiger partial charge on any atom is -0.503 e. The fourth-order valence-corrected chi connectivity index (χ4v) is 3.34. The van der Waals surface area contributed by atoms with E-state index in [1.54, 1.807) is 31.2 Å². The highest BCUT2D eigenvalue weighted by Crippen LogP contribution is 2.22. The summed E-state index contributed by atoms with van der Waals surface area (Å²) in [4.78, 5) is 17.6. The van der Waals surface area contributed by atoms with Gasteiger partial charge in [0.1, 0.15) is 17.4 Å². The quantitative estimate of drug-likeness (QED) is 0.624. The van der Waals surface area contributed by atoms with Gasteiger partial charge in [-0.3, -0.25) is 4.99 Å². The summed E-state index contributed by atoms with van der Waals surface area (Å²) in [5, 5.41) is 9.53. The third-order valence-corrected chi connectivity index (χ3v) is 4.80. The summed E-state index contributed by atoms with van der Waals surface area (Å²) in [5.41, 5.74) is 1.19. The van der Waals surface area contributed by atoms with Crippen molar-refractivity contribution in [3.63, 3.8) is 0 Å². The Kier molecular flexibility index (Phi) is 6.27. The van der Waals surface area contributed by atoms with Crippen molar-refractivity contribution in [2.45, 2.75) is 12.5 Å². The van der Waals surface area contributed by atoms with Crippen molar-refractivity contribution in [2.24, 2.45) is 0 Å². The molecule has 0 aliphatic carbocycles. The average molecular weight is 346 g/mol. The van der Waals surface area contributed by atoms with Gasteiger partial charge in [-0.15, -0.1) is 0 Å². The minimum absolute atomic E-state index is 0.0705. The number of thioether (sulfide) groups is 1. The fourth-order valence-electron chi connectivity index (χ4n) is 2.25. The number of benzene rings is 1. The average Bonchev–Trinajstić information content (AvgIpc) is 3.07. The summed E-state index contributed by atoms with van der Waals surface area (Å²) >= 11 is 1.54. The molecule has 126 valence electrons. The second kappa shape index (κ2) is 8.41. The molecule has 2 rings (SSSR count). The summed E-state index contributed by atoms with van der Waals surface area (Å²) in [6, 6.07) is 9.43. The molecule has 1 aromatic rings. The highest BCUT2D eigenvalue weighted by Gasteiger charge is 2.33. The zero-order valence-corrected chi connectivity index (χ0v) is 14.7. The Hall–Kier alpha value is -2.46. The number of nitriles is 1. The molecular weight excluding hydrogens is 326 g/mol. The molecule has 1 unspecified atom stereocenters. The molecule has 0 spiro atoms. The van der Waals surface area contributed by atoms with E-state index in [1.807, 2.05) is 12.1 Å². The van der Waals surface area contributed by atoms with Crippen molar-refractivity contribution in [3.05, 3.63) is 36.1 Å². The molecule has 1 amide bonds. The van der Waals surface area contributed by atoms with Gasteiger partial charge in [0.25, 0.3) is 0 Å². The maximum Gasteiger partial charge on any atom is 0.345 e. The molecule has 24 heavy (non-hydrogen) atoms. The van der Waals surface area contributed by atoms with E-state index in [4.69, 9.17) is 14.7 Å². The largest absolute Gasteiger partial charge is 0.503 e. The second-order valence-corrected chi connectivity index (χ2v) is 6.19. The Morgan fingerprint density at radius 1 is 1.46 bits per heavy atom. The van der Waals surface area contributed by atoms with Crippen molar-refractivity contribution in [2.75, 3.05) is 27.0 Å². The first-order valence-electron chi connectivity index (χ1n) is 7.39. The molecule has 1 atom stereocenters. The summed E-state index contributed by atoms with van der Waals surface area (Å²) in [6.45, 7) is 0. The van der Waals surface area contributed by atoms with E-state index >= 15 is 0 Å². The number of nitrogens with zero attached hydrogens (tertiary/aromatic N) is 2. The fraction of sp³-hybridized carbons (Fsp3) is 0.353. The molecule has 7 heteroatoms. The van der Waals surface area contributed by atoms with E-state index < -0.39 is 0 Å². The normalized spacial score (nSPS) is 17.0. The predicted molar refractivity (Wildman–Crippen MR) is 93.2 cm³/mol. The molecule has 1 aliphatic heterocycles. The van der Waals surface area contributed by atoms with E-state index in [0.29, 0.717) is 12.0 Å². The number of carbonyl (C=O) groups excluding carboxylic acids is 1. The highest BCUT2D eigenvalue weighted by atomic mass is 32.2. The molecular formula is C17H20N3O3S+. The van der Waals surface area contributed by atoms with Gasteiger partial charge in [0.2, 0.25) is 0 Å². The molecule has 1 N–H and O–H groups in total. The summed E-state index contributed by atoms with van der Waals surface area (Å²) in [6.07, 6.45) is 1.85. The first-order valence-corrected chi connectivity index (χ1v) is 8.38. The number of nitrogens with one attached hydrogen (secondary N) is 1. The number of ether oxygens (including phenoxy) is 2. The number of amidine groups is 1. The van der Waals surface area contributed by atoms with Gasteiger partial charge in [0, 0.05) is 5.75 Å². The number of hydrogen-bond acceptors (Lipinski definition) is 5. The van der Waals surface area contributed by atoms with Gasteiger partial charge < -0.3 is 9.47 Å². The van der Waals surface area contributed by atoms with E-state index in [1.165, 1.54) is 25.1 Å². The van der Waals surface area contributed by atoms with Crippen LogP contribution in [0.4, 0.5) is 0 Å². The van der Waals surface area contributed by atoms with Crippen molar-refractivity contribution in [1.29, 1.82) is 5.26 Å². The standard InChI is InChI=1S/C17H19N3O3S/c1-20(17-19-13(8-9-18)11-24-17)16(21)15(10-22-2)12-4-6-14(23-3)7-5-12/h4-7,10,13H,8,11H2,1-3H3/p+1/b15-10+. The van der Waals surface area contributed by atoms with Crippen LogP contribution in [-0.4, -0.2) is 49.0 Å². The molecule has 0 bridgehead atoms. The molecule has 0 saturated carbocycles. The Balaban J connectivity index is 2.21. The van der Waals surface area contributed by atoms with E-state index in [0.717, 1.165) is 22.2 Å². The van der Waals surface area contributed by atoms with Gasteiger partial charge >= 0.3 is 11.1 Å². The van der Waals surface area contributed by atoms with Crippen LogP contribution in [0.3, 0.4) is 0 Å². The molecule has 1 heterocycles. The number of hydrogen-bond donors (Lipinski definition) is 1. The molecule has 0 saturated heterocycles. The zero-order valence-electron chi connectivity index (χ0n) is 13.9. The van der Waals surface area contributed by atoms with Gasteiger partial charge in [0.05, 0.1) is 40.0 Å². The zero-order chi connectivity index (χ0) is 17.5. The first kappa shape index (κ1) is 17.9. The lowest BCUT2D eigenvalue weighted by atomic mass is 10.1. The van der Waals surface area contributed by atoms with Gasteiger partial charge in [0.15, 0.2) is 0 Å². The number of rotatable bonds is 5. The van der Waals surface area contributed by atoms with Crippen LogP contribution in [0.25, 0.3) is 5.57 Å². The summed E-state index contributed by atoms with van der Waals surface area (Å²) in [7, 11) is 4.81. The number of carbonyl (C=O) groups is 1. The lowest BCUT2D eigenvalue weighted by Crippen LogP contribution is -2.78. The first-order chi connectivity index (χ1) is 11.6. The number of amides is 1. The number of likely N-dealkylation sites (N-methyl/N-ethyl adjacent to an activating group) is 1. The topological polar surface area (TPSA) is 76.5 Å². The maximum absolute atomic E-state index is 12.8. The summed E-state index contributed by atoms with van der Waals surface area (Å²) < 4.78 is 10.2. The van der Waals surface area contributed by atoms with Crippen molar-refractivity contribution in [1.82, 2.24) is 4.90 Å². The van der Waals surface area contributed by atoms with Gasteiger partial charge in [-0.05, 0) is 29.5 Å². The Morgan fingerprint density at radius 3 is 2.75 bits per heavy atom. The van der Waals surface area contributed by atoms with Crippen LogP contribution in [0, 0.1) is 11.3 Å². The lowest BCUT2D eigenvalue weighted by Gasteiger charge is -2.12. The number of methoxy groups -OCH3 is 2. The second-order valence-electron chi connectivity index (χ2n) is 5.18. The Bertz CT molecular complexity index is 692. The predicted octanol–water partition coefficient (Wildman–Crippen LogP) is 0.607. The van der Waals surface area contributed by atoms with Crippen LogP contribution < -0.4 is 9.73 Å². The maximum atomic E-state index is 12.8. The Morgan fingerprint density at radius 2 is 2.17 bits per heavy atom. The van der Waals surface area contributed by atoms with Gasteiger partial charge in [-0.1, -0.05) is 12.1 Å². The van der Waals surface area contributed by atoms with Crippen molar-refractivity contribution < 1.29 is 19.3 Å². The van der Waals surface area contributed by atoms with Gasteiger partial charge in [-0.25, -0.2) is 4.79 Å². The minimum atomic E-state index is -0.186. The van der Waals surface area contributed by atoms with Crippen LogP contribution in [0.1, 0.15) is 12.0 Å². The SMILES string of the molecule is CO/C=C(/C(=O)N(C)C1=[NH+]C(CC#N)CS1)c1ccc(OC)cc1. The van der Waals surface area contributed by atoms with Crippen LogP contribution in [0.5, 0.6) is 5.75 Å². The van der Waals surface area contributed by atoms with Crippen LogP contribution >= 0.6 is 11.8 Å². The molecule has 0 fully saturated rings. The smallest absolute Gasteiger partial charge is 0.345 e.